The quantitative estimate of drug-likeness (QED) is 0.620. The number of hydrogen-bond acceptors (Lipinski definition) is 5. The molecule has 9 heteroatoms. The summed E-state index contributed by atoms with van der Waals surface area (Å²) in [6, 6.07) is 19.6. The van der Waals surface area contributed by atoms with Crippen molar-refractivity contribution in [2.45, 2.75) is 17.5 Å². The Hall–Kier alpha value is -3.69. The van der Waals surface area contributed by atoms with E-state index in [2.05, 4.69) is 0 Å². The number of rotatable bonds is 5. The van der Waals surface area contributed by atoms with Gasteiger partial charge in [0.15, 0.2) is 0 Å². The average molecular weight is 467 g/mol. The average Bonchev–Trinajstić information content (AvgIpc) is 3.02. The highest BCUT2D eigenvalue weighted by Crippen LogP contribution is 2.32. The number of sulfonamides is 1. The number of hydrogen-bond donors (Lipinski definition) is 1. The molecule has 0 saturated heterocycles. The molecule has 0 fully saturated rings. The van der Waals surface area contributed by atoms with Crippen LogP contribution in [0, 0.1) is 0 Å². The number of methoxy groups -OCH3 is 1. The van der Waals surface area contributed by atoms with Gasteiger partial charge in [0.1, 0.15) is 11.8 Å². The Morgan fingerprint density at radius 3 is 2.21 bits per heavy atom. The van der Waals surface area contributed by atoms with Crippen molar-refractivity contribution in [2.75, 3.05) is 18.6 Å². The number of nitrogens with zero attached hydrogens (tertiary/aromatic N) is 2. The molecule has 0 radical (unpaired) electrons. The van der Waals surface area contributed by atoms with Crippen molar-refractivity contribution in [3.05, 3.63) is 90.0 Å². The molecule has 1 atom stereocenters. The van der Waals surface area contributed by atoms with Crippen molar-refractivity contribution in [1.29, 1.82) is 0 Å². The first-order valence-electron chi connectivity index (χ1n) is 10.2. The van der Waals surface area contributed by atoms with E-state index in [0.717, 1.165) is 4.31 Å². The van der Waals surface area contributed by atoms with Gasteiger partial charge in [-0.25, -0.2) is 8.42 Å². The lowest BCUT2D eigenvalue weighted by Gasteiger charge is -2.28. The SMILES string of the molecule is COc1ccc(S(=O)(=O)N2Cc3ccccc3N(C(=O)c3ccccc3)CC2C(=O)O)cc1. The lowest BCUT2D eigenvalue weighted by atomic mass is 10.1. The maximum absolute atomic E-state index is 13.5. The summed E-state index contributed by atoms with van der Waals surface area (Å²) in [7, 11) is -2.74. The number of amides is 1. The van der Waals surface area contributed by atoms with E-state index in [1.54, 1.807) is 54.6 Å². The third-order valence-corrected chi connectivity index (χ3v) is 7.40. The number of carbonyl (C=O) groups is 2. The maximum Gasteiger partial charge on any atom is 0.323 e. The minimum absolute atomic E-state index is 0.0603. The summed E-state index contributed by atoms with van der Waals surface area (Å²) < 4.78 is 33.1. The van der Waals surface area contributed by atoms with Gasteiger partial charge in [-0.2, -0.15) is 4.31 Å². The van der Waals surface area contributed by atoms with Crippen LogP contribution in [0.15, 0.2) is 83.8 Å². The molecule has 1 unspecified atom stereocenters. The lowest BCUT2D eigenvalue weighted by molar-refractivity contribution is -0.141. The van der Waals surface area contributed by atoms with Gasteiger partial charge in [0.05, 0.1) is 18.6 Å². The predicted molar refractivity (Wildman–Crippen MR) is 122 cm³/mol. The molecule has 0 saturated carbocycles. The number of carboxylic acid groups (broad SMARTS) is 1. The Balaban J connectivity index is 1.81. The van der Waals surface area contributed by atoms with Gasteiger partial charge < -0.3 is 14.7 Å². The van der Waals surface area contributed by atoms with Gasteiger partial charge in [-0.3, -0.25) is 9.59 Å². The summed E-state index contributed by atoms with van der Waals surface area (Å²) >= 11 is 0. The number of carboxylic acids is 1. The molecule has 170 valence electrons. The zero-order valence-corrected chi connectivity index (χ0v) is 18.6. The minimum atomic E-state index is -4.20. The Morgan fingerprint density at radius 2 is 1.58 bits per heavy atom. The fourth-order valence-electron chi connectivity index (χ4n) is 3.81. The second-order valence-corrected chi connectivity index (χ2v) is 9.38. The fourth-order valence-corrected chi connectivity index (χ4v) is 5.37. The molecular formula is C24H22N2O6S. The van der Waals surface area contributed by atoms with E-state index in [1.165, 1.54) is 36.3 Å². The number of anilines is 1. The topological polar surface area (TPSA) is 104 Å². The van der Waals surface area contributed by atoms with E-state index in [9.17, 15) is 23.1 Å². The summed E-state index contributed by atoms with van der Waals surface area (Å²) in [6.07, 6.45) is 0. The highest BCUT2D eigenvalue weighted by molar-refractivity contribution is 7.89. The molecule has 4 rings (SSSR count). The van der Waals surface area contributed by atoms with Crippen molar-refractivity contribution in [3.8, 4) is 5.75 Å². The summed E-state index contributed by atoms with van der Waals surface area (Å²) in [5.74, 6) is -1.27. The zero-order valence-electron chi connectivity index (χ0n) is 17.8. The van der Waals surface area contributed by atoms with E-state index in [0.29, 0.717) is 22.6 Å². The normalized spacial score (nSPS) is 16.5. The molecule has 1 aliphatic rings. The van der Waals surface area contributed by atoms with Crippen LogP contribution in [0.4, 0.5) is 5.69 Å². The fraction of sp³-hybridized carbons (Fsp3) is 0.167. The van der Waals surface area contributed by atoms with Gasteiger partial charge in [0.2, 0.25) is 10.0 Å². The van der Waals surface area contributed by atoms with Crippen molar-refractivity contribution in [1.82, 2.24) is 4.31 Å². The van der Waals surface area contributed by atoms with Gasteiger partial charge in [0.25, 0.3) is 5.91 Å². The first kappa shape index (κ1) is 22.5. The Kier molecular flexibility index (Phi) is 6.17. The van der Waals surface area contributed by atoms with Crippen LogP contribution in [0.3, 0.4) is 0 Å². The van der Waals surface area contributed by atoms with E-state index in [1.807, 2.05) is 0 Å². The van der Waals surface area contributed by atoms with Crippen molar-refractivity contribution in [3.63, 3.8) is 0 Å². The Morgan fingerprint density at radius 1 is 0.939 bits per heavy atom. The Labute approximate surface area is 191 Å². The monoisotopic (exact) mass is 466 g/mol. The number of ether oxygens (including phenoxy) is 1. The summed E-state index contributed by atoms with van der Waals surface area (Å²) in [4.78, 5) is 26.9. The molecule has 1 N–H and O–H groups in total. The first-order chi connectivity index (χ1) is 15.8. The van der Waals surface area contributed by atoms with Gasteiger partial charge >= 0.3 is 5.97 Å². The molecule has 3 aromatic carbocycles. The lowest BCUT2D eigenvalue weighted by Crippen LogP contribution is -2.50. The largest absolute Gasteiger partial charge is 0.497 e. The summed E-state index contributed by atoms with van der Waals surface area (Å²) in [5.41, 5.74) is 1.38. The second kappa shape index (κ2) is 9.05. The van der Waals surface area contributed by atoms with Crippen LogP contribution < -0.4 is 9.64 Å². The molecule has 0 spiro atoms. The van der Waals surface area contributed by atoms with E-state index in [4.69, 9.17) is 4.74 Å². The third kappa shape index (κ3) is 4.33. The highest BCUT2D eigenvalue weighted by Gasteiger charge is 2.41. The van der Waals surface area contributed by atoms with Crippen LogP contribution in [-0.4, -0.2) is 49.4 Å². The molecule has 1 heterocycles. The van der Waals surface area contributed by atoms with E-state index in [-0.39, 0.29) is 18.0 Å². The third-order valence-electron chi connectivity index (χ3n) is 5.53. The van der Waals surface area contributed by atoms with E-state index >= 15 is 0 Å². The molecule has 0 aromatic heterocycles. The number of fused-ring (bicyclic) bond motifs is 1. The predicted octanol–water partition coefficient (Wildman–Crippen LogP) is 3.00. The van der Waals surface area contributed by atoms with Crippen molar-refractivity contribution >= 4 is 27.6 Å². The number of aliphatic carboxylic acids is 1. The van der Waals surface area contributed by atoms with Gasteiger partial charge in [-0.1, -0.05) is 36.4 Å². The maximum atomic E-state index is 13.5. The number of para-hydroxylation sites is 1. The van der Waals surface area contributed by atoms with E-state index < -0.39 is 27.9 Å². The number of benzene rings is 3. The van der Waals surface area contributed by atoms with Crippen LogP contribution >= 0.6 is 0 Å². The van der Waals surface area contributed by atoms with Crippen LogP contribution in [-0.2, 0) is 21.4 Å². The first-order valence-corrected chi connectivity index (χ1v) is 11.6. The Bertz CT molecular complexity index is 1280. The molecule has 33 heavy (non-hydrogen) atoms. The smallest absolute Gasteiger partial charge is 0.323 e. The van der Waals surface area contributed by atoms with Crippen LogP contribution in [0.1, 0.15) is 15.9 Å². The zero-order chi connectivity index (χ0) is 23.6. The molecule has 8 nitrogen and oxygen atoms in total. The van der Waals surface area contributed by atoms with Gasteiger partial charge in [0, 0.05) is 17.8 Å². The van der Waals surface area contributed by atoms with Gasteiger partial charge in [-0.05, 0) is 48.0 Å². The molecule has 0 bridgehead atoms. The van der Waals surface area contributed by atoms with Crippen LogP contribution in [0.5, 0.6) is 5.75 Å². The number of carbonyl (C=O) groups excluding carboxylic acids is 1. The molecular weight excluding hydrogens is 444 g/mol. The van der Waals surface area contributed by atoms with Crippen molar-refractivity contribution < 1.29 is 27.9 Å². The molecule has 1 aliphatic heterocycles. The van der Waals surface area contributed by atoms with Crippen LogP contribution in [0.2, 0.25) is 0 Å². The summed E-state index contributed by atoms with van der Waals surface area (Å²) in [6.45, 7) is -0.532. The van der Waals surface area contributed by atoms with Gasteiger partial charge in [-0.15, -0.1) is 0 Å². The van der Waals surface area contributed by atoms with Crippen LogP contribution in [0.25, 0.3) is 0 Å². The molecule has 1 amide bonds. The summed E-state index contributed by atoms with van der Waals surface area (Å²) in [5, 5.41) is 10.0. The standard InChI is InChI=1S/C24H22N2O6S/c1-32-19-11-13-20(14-12-19)33(30,31)26-15-18-9-5-6-10-21(18)25(16-22(26)24(28)29)23(27)17-7-3-2-4-8-17/h2-14,22H,15-16H2,1H3,(H,28,29). The minimum Gasteiger partial charge on any atom is -0.497 e. The molecule has 0 aliphatic carbocycles. The second-order valence-electron chi connectivity index (χ2n) is 7.49. The highest BCUT2D eigenvalue weighted by atomic mass is 32.2. The van der Waals surface area contributed by atoms with Crippen molar-refractivity contribution in [2.24, 2.45) is 0 Å². The molecule has 3 aromatic rings.